The van der Waals surface area contributed by atoms with E-state index in [1.807, 2.05) is 34.8 Å². The number of amides is 1. The largest absolute Gasteiger partial charge is 0.370 e. The standard InChI is InChI=1S/C29H41Cl2N5O4S/c1-21-9-10-24(30)29(28(21)31)41(38,39)36-17-16-35-11-5-8-25(35)26(36)19-40-20-27(37)33(3)22-6-4-7-23(18-22)34-14-12-32(2)13-15-34/h5,8-11,22-23,26H,4,6-7,12-20H2,1-3H3. The van der Waals surface area contributed by atoms with Gasteiger partial charge in [0, 0.05) is 70.3 Å². The van der Waals surface area contributed by atoms with Crippen molar-refractivity contribution >= 4 is 39.1 Å². The first-order valence-corrected chi connectivity index (χ1v) is 16.6. The van der Waals surface area contributed by atoms with Crippen molar-refractivity contribution in [3.05, 3.63) is 51.8 Å². The van der Waals surface area contributed by atoms with Crippen LogP contribution in [0.4, 0.5) is 0 Å². The molecule has 0 N–H and O–H groups in total. The number of ether oxygens (including phenoxy) is 1. The molecule has 226 valence electrons. The minimum absolute atomic E-state index is 0.0401. The summed E-state index contributed by atoms with van der Waals surface area (Å²) in [4.78, 5) is 19.9. The molecule has 9 nitrogen and oxygen atoms in total. The Morgan fingerprint density at radius 3 is 2.59 bits per heavy atom. The monoisotopic (exact) mass is 625 g/mol. The van der Waals surface area contributed by atoms with Gasteiger partial charge in [-0.15, -0.1) is 0 Å². The fourth-order valence-corrected chi connectivity index (χ4v) is 9.17. The van der Waals surface area contributed by atoms with E-state index in [-0.39, 0.29) is 46.6 Å². The molecule has 1 saturated heterocycles. The summed E-state index contributed by atoms with van der Waals surface area (Å²) in [5.74, 6) is -0.0839. The molecule has 1 aromatic carbocycles. The average molecular weight is 627 g/mol. The lowest BCUT2D eigenvalue weighted by molar-refractivity contribution is -0.138. The first kappa shape index (κ1) is 30.8. The molecule has 1 aliphatic carbocycles. The van der Waals surface area contributed by atoms with Gasteiger partial charge in [-0.2, -0.15) is 4.31 Å². The number of sulfonamides is 1. The first-order chi connectivity index (χ1) is 19.6. The number of nitrogens with zero attached hydrogens (tertiary/aromatic N) is 5. The highest BCUT2D eigenvalue weighted by Gasteiger charge is 2.39. The average Bonchev–Trinajstić information content (AvgIpc) is 3.44. The number of piperazine rings is 1. The second-order valence-electron chi connectivity index (χ2n) is 11.6. The molecule has 2 aliphatic heterocycles. The minimum Gasteiger partial charge on any atom is -0.370 e. The van der Waals surface area contributed by atoms with Crippen molar-refractivity contribution in [2.24, 2.45) is 0 Å². The summed E-state index contributed by atoms with van der Waals surface area (Å²) in [6.45, 7) is 6.75. The van der Waals surface area contributed by atoms with Crippen molar-refractivity contribution in [2.45, 2.75) is 62.2 Å². The Bertz CT molecular complexity index is 1340. The molecule has 12 heteroatoms. The highest BCUT2D eigenvalue weighted by Crippen LogP contribution is 2.38. The third-order valence-corrected chi connectivity index (χ3v) is 12.1. The van der Waals surface area contributed by atoms with Crippen molar-refractivity contribution in [3.8, 4) is 0 Å². The minimum atomic E-state index is -4.05. The number of fused-ring (bicyclic) bond motifs is 1. The first-order valence-electron chi connectivity index (χ1n) is 14.5. The summed E-state index contributed by atoms with van der Waals surface area (Å²) < 4.78 is 37.3. The molecule has 0 spiro atoms. The summed E-state index contributed by atoms with van der Waals surface area (Å²) in [7, 11) is -0.0128. The van der Waals surface area contributed by atoms with Gasteiger partial charge < -0.3 is 19.1 Å². The molecule has 41 heavy (non-hydrogen) atoms. The van der Waals surface area contributed by atoms with Gasteiger partial charge in [-0.05, 0) is 63.4 Å². The zero-order valence-corrected chi connectivity index (χ0v) is 26.5. The quantitative estimate of drug-likeness (QED) is 0.443. The summed E-state index contributed by atoms with van der Waals surface area (Å²) in [5.41, 5.74) is 1.44. The van der Waals surface area contributed by atoms with Gasteiger partial charge in [0.2, 0.25) is 15.9 Å². The summed E-state index contributed by atoms with van der Waals surface area (Å²) >= 11 is 12.8. The maximum atomic E-state index is 13.9. The summed E-state index contributed by atoms with van der Waals surface area (Å²) in [5, 5.41) is 0.206. The van der Waals surface area contributed by atoms with Crippen LogP contribution < -0.4 is 0 Å². The van der Waals surface area contributed by atoms with E-state index in [1.165, 1.54) is 10.7 Å². The van der Waals surface area contributed by atoms with Crippen LogP contribution in [0, 0.1) is 6.92 Å². The molecule has 5 rings (SSSR count). The summed E-state index contributed by atoms with van der Waals surface area (Å²) in [6.07, 6.45) is 6.19. The zero-order chi connectivity index (χ0) is 29.3. The number of carbonyl (C=O) groups excluding carboxylic acids is 1. The Balaban J connectivity index is 1.25. The highest BCUT2D eigenvalue weighted by atomic mass is 35.5. The molecule has 1 amide bonds. The molecule has 0 bridgehead atoms. The number of rotatable bonds is 8. The van der Waals surface area contributed by atoms with Crippen molar-refractivity contribution in [1.82, 2.24) is 23.6 Å². The van der Waals surface area contributed by atoms with Crippen molar-refractivity contribution < 1.29 is 17.9 Å². The number of hydrogen-bond acceptors (Lipinski definition) is 6. The molecule has 1 aromatic heterocycles. The highest BCUT2D eigenvalue weighted by molar-refractivity contribution is 7.89. The van der Waals surface area contributed by atoms with Gasteiger partial charge in [-0.1, -0.05) is 29.3 Å². The molecule has 3 unspecified atom stereocenters. The van der Waals surface area contributed by atoms with Crippen LogP contribution in [0.5, 0.6) is 0 Å². The molecule has 2 aromatic rings. The number of benzene rings is 1. The number of carbonyl (C=O) groups is 1. The smallest absolute Gasteiger partial charge is 0.248 e. The molecular formula is C29H41Cl2N5O4S. The molecule has 2 fully saturated rings. The topological polar surface area (TPSA) is 78.3 Å². The maximum absolute atomic E-state index is 13.9. The molecule has 3 aliphatic rings. The van der Waals surface area contributed by atoms with E-state index in [9.17, 15) is 13.2 Å². The van der Waals surface area contributed by atoms with Crippen molar-refractivity contribution in [2.75, 3.05) is 60.0 Å². The fraction of sp³-hybridized carbons (Fsp3) is 0.621. The van der Waals surface area contributed by atoms with Crippen molar-refractivity contribution in [3.63, 3.8) is 0 Å². The molecular weight excluding hydrogens is 585 g/mol. The molecule has 1 saturated carbocycles. The second kappa shape index (κ2) is 12.9. The third kappa shape index (κ3) is 6.49. The van der Waals surface area contributed by atoms with E-state index >= 15 is 0 Å². The van der Waals surface area contributed by atoms with Gasteiger partial charge in [0.15, 0.2) is 0 Å². The van der Waals surface area contributed by atoms with Gasteiger partial charge in [-0.3, -0.25) is 9.69 Å². The number of aromatic nitrogens is 1. The normalized spacial score (nSPS) is 24.8. The fourth-order valence-electron chi connectivity index (χ4n) is 6.46. The van der Waals surface area contributed by atoms with E-state index in [2.05, 4.69) is 16.8 Å². The van der Waals surface area contributed by atoms with Crippen LogP contribution in [0.15, 0.2) is 35.4 Å². The lowest BCUT2D eigenvalue weighted by Gasteiger charge is -2.43. The van der Waals surface area contributed by atoms with Gasteiger partial charge in [0.25, 0.3) is 0 Å². The van der Waals surface area contributed by atoms with Gasteiger partial charge in [0.05, 0.1) is 22.7 Å². The predicted molar refractivity (Wildman–Crippen MR) is 161 cm³/mol. The Morgan fingerprint density at radius 1 is 1.07 bits per heavy atom. The summed E-state index contributed by atoms with van der Waals surface area (Å²) in [6, 6.07) is 7.11. The van der Waals surface area contributed by atoms with Gasteiger partial charge in [0.1, 0.15) is 11.5 Å². The lowest BCUT2D eigenvalue weighted by Crippen LogP contribution is -2.53. The van der Waals surface area contributed by atoms with E-state index < -0.39 is 16.1 Å². The van der Waals surface area contributed by atoms with Crippen LogP contribution in [0.1, 0.15) is 43.0 Å². The predicted octanol–water partition coefficient (Wildman–Crippen LogP) is 3.88. The Kier molecular flexibility index (Phi) is 9.70. The van der Waals surface area contributed by atoms with Crippen LogP contribution in [-0.2, 0) is 26.1 Å². The van der Waals surface area contributed by atoms with E-state index in [0.29, 0.717) is 18.2 Å². The van der Waals surface area contributed by atoms with E-state index in [1.54, 1.807) is 19.1 Å². The van der Waals surface area contributed by atoms with Crippen LogP contribution >= 0.6 is 23.2 Å². The van der Waals surface area contributed by atoms with Crippen molar-refractivity contribution in [1.29, 1.82) is 0 Å². The number of likely N-dealkylation sites (N-methyl/N-ethyl adjacent to an activating group) is 2. The van der Waals surface area contributed by atoms with Crippen LogP contribution in [0.3, 0.4) is 0 Å². The van der Waals surface area contributed by atoms with Gasteiger partial charge in [-0.25, -0.2) is 8.42 Å². The van der Waals surface area contributed by atoms with Crippen LogP contribution in [0.2, 0.25) is 10.0 Å². The molecule has 3 atom stereocenters. The molecule has 0 radical (unpaired) electrons. The Morgan fingerprint density at radius 2 is 1.83 bits per heavy atom. The van der Waals surface area contributed by atoms with E-state index in [4.69, 9.17) is 27.9 Å². The molecule has 3 heterocycles. The Labute approximate surface area is 254 Å². The number of hydrogen-bond donors (Lipinski definition) is 0. The SMILES string of the molecule is Cc1ccc(Cl)c(S(=O)(=O)N2CCn3cccc3C2COCC(=O)N(C)C2CCCC(N3CCN(C)CC3)C2)c1Cl. The number of aryl methyl sites for hydroxylation is 1. The maximum Gasteiger partial charge on any atom is 0.248 e. The second-order valence-corrected chi connectivity index (χ2v) is 14.2. The van der Waals surface area contributed by atoms with Gasteiger partial charge >= 0.3 is 0 Å². The van der Waals surface area contributed by atoms with Crippen LogP contribution in [-0.4, -0.2) is 110 Å². The van der Waals surface area contributed by atoms with Crippen LogP contribution in [0.25, 0.3) is 0 Å². The third-order valence-electron chi connectivity index (χ3n) is 9.04. The Hall–Kier alpha value is -1.66. The zero-order valence-electron chi connectivity index (χ0n) is 24.1. The number of halogens is 2. The lowest BCUT2D eigenvalue weighted by atomic mass is 9.88. The van der Waals surface area contributed by atoms with E-state index in [0.717, 1.165) is 51.1 Å².